The number of benzene rings is 2. The number of anilines is 4. The Bertz CT molecular complexity index is 1190. The molecule has 31 heavy (non-hydrogen) atoms. The fourth-order valence-corrected chi connectivity index (χ4v) is 3.49. The van der Waals surface area contributed by atoms with E-state index in [2.05, 4.69) is 41.8 Å². The van der Waals surface area contributed by atoms with Crippen molar-refractivity contribution >= 4 is 50.9 Å². The van der Waals surface area contributed by atoms with Crippen LogP contribution < -0.4 is 26.2 Å². The van der Waals surface area contributed by atoms with Crippen molar-refractivity contribution < 1.29 is 14.3 Å². The molecular weight excluding hydrogens is 466 g/mol. The minimum Gasteiger partial charge on any atom is -0.497 e. The van der Waals surface area contributed by atoms with Crippen molar-refractivity contribution in [3.8, 4) is 5.75 Å². The number of carbonyl (C=O) groups excluding carboxylic acids is 2. The van der Waals surface area contributed by atoms with Gasteiger partial charge in [-0.1, -0.05) is 15.9 Å². The lowest BCUT2D eigenvalue weighted by Gasteiger charge is -2.23. The molecule has 4 N–H and O–H groups in total. The zero-order valence-corrected chi connectivity index (χ0v) is 17.9. The Hall–Kier alpha value is -3.66. The van der Waals surface area contributed by atoms with Crippen molar-refractivity contribution in [3.05, 3.63) is 68.9 Å². The van der Waals surface area contributed by atoms with Gasteiger partial charge >= 0.3 is 0 Å². The smallest absolute Gasteiger partial charge is 0.258 e. The normalized spacial score (nSPS) is 14.9. The maximum Gasteiger partial charge on any atom is 0.258 e. The zero-order chi connectivity index (χ0) is 22.0. The standard InChI is InChI=1S/C21H18BrN5O4/c1-31-14-8-6-13(7-9-14)24-21-26-18-17(20(30)27-21)15(10-16(28)25-18)19(29)23-12-4-2-11(22)3-5-12/h2-9,15H,10H2,1H3,(H,23,29)(H3,24,25,26,27,28,30)/t15-/m0/s1. The molecule has 3 aromatic rings. The first-order valence-corrected chi connectivity index (χ1v) is 10.1. The van der Waals surface area contributed by atoms with Crippen LogP contribution in [0.4, 0.5) is 23.1 Å². The van der Waals surface area contributed by atoms with Crippen molar-refractivity contribution in [1.29, 1.82) is 0 Å². The number of ether oxygens (including phenoxy) is 1. The second kappa shape index (κ2) is 8.60. The molecule has 0 bridgehead atoms. The molecule has 1 aromatic heterocycles. The molecule has 158 valence electrons. The van der Waals surface area contributed by atoms with Crippen LogP contribution in [0.3, 0.4) is 0 Å². The maximum atomic E-state index is 12.8. The van der Waals surface area contributed by atoms with Gasteiger partial charge in [0.2, 0.25) is 17.8 Å². The van der Waals surface area contributed by atoms with E-state index in [9.17, 15) is 14.4 Å². The number of rotatable bonds is 5. The van der Waals surface area contributed by atoms with Gasteiger partial charge in [-0.2, -0.15) is 4.98 Å². The average molecular weight is 484 g/mol. The molecule has 0 unspecified atom stereocenters. The first-order chi connectivity index (χ1) is 14.9. The summed E-state index contributed by atoms with van der Waals surface area (Å²) < 4.78 is 5.98. The number of nitrogens with one attached hydrogen (secondary N) is 4. The third-order valence-electron chi connectivity index (χ3n) is 4.73. The first kappa shape index (κ1) is 20.6. The van der Waals surface area contributed by atoms with Gasteiger partial charge in [0.05, 0.1) is 18.6 Å². The number of nitrogens with zero attached hydrogens (tertiary/aromatic N) is 1. The Morgan fingerprint density at radius 1 is 1.10 bits per heavy atom. The summed E-state index contributed by atoms with van der Waals surface area (Å²) in [5.74, 6) is -0.920. The van der Waals surface area contributed by atoms with Crippen molar-refractivity contribution in [3.63, 3.8) is 0 Å². The zero-order valence-electron chi connectivity index (χ0n) is 16.4. The lowest BCUT2D eigenvalue weighted by Crippen LogP contribution is -2.36. The molecule has 1 atom stereocenters. The largest absolute Gasteiger partial charge is 0.497 e. The van der Waals surface area contributed by atoms with E-state index in [0.29, 0.717) is 17.1 Å². The lowest BCUT2D eigenvalue weighted by atomic mass is 9.92. The molecule has 0 spiro atoms. The highest BCUT2D eigenvalue weighted by Gasteiger charge is 2.34. The van der Waals surface area contributed by atoms with Crippen molar-refractivity contribution in [2.45, 2.75) is 12.3 Å². The van der Waals surface area contributed by atoms with Gasteiger partial charge in [-0.05, 0) is 48.5 Å². The quantitative estimate of drug-likeness (QED) is 0.440. The predicted molar refractivity (Wildman–Crippen MR) is 120 cm³/mol. The number of halogens is 1. The molecule has 0 saturated heterocycles. The number of hydrogen-bond acceptors (Lipinski definition) is 6. The van der Waals surface area contributed by atoms with Crippen LogP contribution in [-0.4, -0.2) is 28.9 Å². The van der Waals surface area contributed by atoms with Crippen LogP contribution in [0.5, 0.6) is 5.75 Å². The van der Waals surface area contributed by atoms with Crippen molar-refractivity contribution in [2.75, 3.05) is 23.1 Å². The summed E-state index contributed by atoms with van der Waals surface area (Å²) in [5.41, 5.74) is 0.838. The van der Waals surface area contributed by atoms with E-state index in [4.69, 9.17) is 4.74 Å². The predicted octanol–water partition coefficient (Wildman–Crippen LogP) is 3.35. The summed E-state index contributed by atoms with van der Waals surface area (Å²) in [7, 11) is 1.57. The molecule has 0 fully saturated rings. The van der Waals surface area contributed by atoms with E-state index >= 15 is 0 Å². The van der Waals surface area contributed by atoms with Gasteiger partial charge in [-0.25, -0.2) is 0 Å². The SMILES string of the molecule is COc1ccc(Nc2nc3c(c(=O)[nH]2)[C@@H](C(=O)Nc2ccc(Br)cc2)CC(=O)N3)cc1. The Morgan fingerprint density at radius 2 is 1.77 bits per heavy atom. The molecule has 10 heteroatoms. The van der Waals surface area contributed by atoms with Crippen LogP contribution in [0.25, 0.3) is 0 Å². The van der Waals surface area contributed by atoms with Crippen LogP contribution in [0.2, 0.25) is 0 Å². The van der Waals surface area contributed by atoms with E-state index in [1.54, 1.807) is 55.6 Å². The third kappa shape index (κ3) is 4.58. The number of carbonyl (C=O) groups is 2. The number of hydrogen-bond donors (Lipinski definition) is 4. The van der Waals surface area contributed by atoms with Gasteiger partial charge in [0.1, 0.15) is 11.6 Å². The highest BCUT2D eigenvalue weighted by Crippen LogP contribution is 2.30. The fourth-order valence-electron chi connectivity index (χ4n) is 3.23. The second-order valence-electron chi connectivity index (χ2n) is 6.83. The van der Waals surface area contributed by atoms with Crippen LogP contribution in [0.15, 0.2) is 57.8 Å². The molecule has 4 rings (SSSR count). The Kier molecular flexibility index (Phi) is 5.72. The van der Waals surface area contributed by atoms with Crippen LogP contribution in [0, 0.1) is 0 Å². The van der Waals surface area contributed by atoms with Gasteiger partial charge in [0.25, 0.3) is 5.56 Å². The number of methoxy groups -OCH3 is 1. The fraction of sp³-hybridized carbons (Fsp3) is 0.143. The van der Waals surface area contributed by atoms with Crippen molar-refractivity contribution in [1.82, 2.24) is 9.97 Å². The molecular formula is C21H18BrN5O4. The summed E-state index contributed by atoms with van der Waals surface area (Å²) in [4.78, 5) is 44.8. The summed E-state index contributed by atoms with van der Waals surface area (Å²) in [5, 5.41) is 8.30. The molecule has 2 aromatic carbocycles. The van der Waals surface area contributed by atoms with E-state index in [-0.39, 0.29) is 23.8 Å². The van der Waals surface area contributed by atoms with E-state index in [1.807, 2.05) is 0 Å². The number of H-pyrrole nitrogens is 1. The van der Waals surface area contributed by atoms with Crippen molar-refractivity contribution in [2.24, 2.45) is 0 Å². The number of aromatic amines is 1. The number of aromatic nitrogens is 2. The summed E-state index contributed by atoms with van der Waals surface area (Å²) in [6.07, 6.45) is -0.147. The molecule has 9 nitrogen and oxygen atoms in total. The van der Waals surface area contributed by atoms with Crippen LogP contribution >= 0.6 is 15.9 Å². The summed E-state index contributed by atoms with van der Waals surface area (Å²) >= 11 is 3.33. The summed E-state index contributed by atoms with van der Waals surface area (Å²) in [6, 6.07) is 14.0. The minimum absolute atomic E-state index is 0.0620. The molecule has 0 aliphatic carbocycles. The average Bonchev–Trinajstić information content (AvgIpc) is 2.75. The monoisotopic (exact) mass is 483 g/mol. The van der Waals surface area contributed by atoms with Crippen LogP contribution in [-0.2, 0) is 9.59 Å². The summed E-state index contributed by atoms with van der Waals surface area (Å²) in [6.45, 7) is 0. The molecule has 0 saturated carbocycles. The van der Waals surface area contributed by atoms with Gasteiger partial charge in [-0.3, -0.25) is 19.4 Å². The van der Waals surface area contributed by atoms with Gasteiger partial charge in [0, 0.05) is 22.3 Å². The molecule has 1 aliphatic rings. The number of fused-ring (bicyclic) bond motifs is 1. The highest BCUT2D eigenvalue weighted by atomic mass is 79.9. The molecule has 2 heterocycles. The van der Waals surface area contributed by atoms with Gasteiger partial charge < -0.3 is 20.7 Å². The maximum absolute atomic E-state index is 12.8. The third-order valence-corrected chi connectivity index (χ3v) is 5.26. The van der Waals surface area contributed by atoms with Gasteiger partial charge in [-0.15, -0.1) is 0 Å². The molecule has 2 amide bonds. The topological polar surface area (TPSA) is 125 Å². The Balaban J connectivity index is 1.60. The highest BCUT2D eigenvalue weighted by molar-refractivity contribution is 9.10. The van der Waals surface area contributed by atoms with E-state index in [1.165, 1.54) is 0 Å². The first-order valence-electron chi connectivity index (χ1n) is 9.34. The molecule has 1 aliphatic heterocycles. The molecule has 0 radical (unpaired) electrons. The Morgan fingerprint density at radius 3 is 2.45 bits per heavy atom. The van der Waals surface area contributed by atoms with E-state index in [0.717, 1.165) is 4.47 Å². The Labute approximate surface area is 185 Å². The van der Waals surface area contributed by atoms with Gasteiger partial charge in [0.15, 0.2) is 0 Å². The number of amides is 2. The van der Waals surface area contributed by atoms with E-state index < -0.39 is 23.3 Å². The minimum atomic E-state index is -0.960. The van der Waals surface area contributed by atoms with Crippen LogP contribution in [0.1, 0.15) is 17.9 Å². The second-order valence-corrected chi connectivity index (χ2v) is 7.75. The lowest BCUT2D eigenvalue weighted by molar-refractivity contribution is -0.123.